The van der Waals surface area contributed by atoms with E-state index >= 15 is 0 Å². The number of carbonyl (C=O) groups is 1. The summed E-state index contributed by atoms with van der Waals surface area (Å²) in [5.41, 5.74) is 0. The first-order valence-corrected chi connectivity index (χ1v) is 6.46. The van der Waals surface area contributed by atoms with Crippen molar-refractivity contribution in [3.05, 3.63) is 54.6 Å². The van der Waals surface area contributed by atoms with E-state index < -0.39 is 12.1 Å². The fraction of sp³-hybridized carbons (Fsp3) is 0.118. The summed E-state index contributed by atoms with van der Waals surface area (Å²) in [5, 5.41) is 13.3. The van der Waals surface area contributed by atoms with Gasteiger partial charge in [-0.15, -0.1) is 0 Å². The molecule has 3 nitrogen and oxygen atoms in total. The molecule has 20 heavy (non-hydrogen) atoms. The smallest absolute Gasteiger partial charge is 0.340 e. The van der Waals surface area contributed by atoms with Crippen molar-refractivity contribution in [1.82, 2.24) is 0 Å². The van der Waals surface area contributed by atoms with Crippen molar-refractivity contribution < 1.29 is 14.6 Å². The minimum absolute atomic E-state index is 0.471. The second-order valence-corrected chi connectivity index (χ2v) is 4.77. The van der Waals surface area contributed by atoms with E-state index in [-0.39, 0.29) is 0 Å². The molecule has 0 saturated heterocycles. The van der Waals surface area contributed by atoms with Crippen molar-refractivity contribution in [2.45, 2.75) is 13.0 Å². The summed E-state index contributed by atoms with van der Waals surface area (Å²) in [6, 6.07) is 17.6. The van der Waals surface area contributed by atoms with Crippen LogP contribution in [0.25, 0.3) is 21.5 Å². The zero-order chi connectivity index (χ0) is 14.1. The van der Waals surface area contributed by atoms with Crippen LogP contribution in [0.5, 0.6) is 5.75 Å². The Labute approximate surface area is 116 Å². The fourth-order valence-corrected chi connectivity index (χ4v) is 2.22. The molecule has 0 aliphatic rings. The summed E-state index contributed by atoms with van der Waals surface area (Å²) >= 11 is 0. The highest BCUT2D eigenvalue weighted by molar-refractivity contribution is 6.01. The first-order chi connectivity index (χ1) is 9.65. The molecule has 0 heterocycles. The van der Waals surface area contributed by atoms with E-state index in [2.05, 4.69) is 6.07 Å². The van der Waals surface area contributed by atoms with Crippen LogP contribution in [0.1, 0.15) is 6.92 Å². The lowest BCUT2D eigenvalue weighted by Gasteiger charge is -2.10. The average molecular weight is 266 g/mol. The fourth-order valence-electron chi connectivity index (χ4n) is 2.22. The van der Waals surface area contributed by atoms with Crippen LogP contribution in [0, 0.1) is 0 Å². The standard InChI is InChI=1S/C17H14O3/c1-11(18)17(19)20-16-8-4-7-14-9-12-5-2-3-6-13(12)10-15(14)16/h2-11,18H,1H3. The van der Waals surface area contributed by atoms with Gasteiger partial charge in [0, 0.05) is 5.39 Å². The van der Waals surface area contributed by atoms with Crippen molar-refractivity contribution in [2.75, 3.05) is 0 Å². The van der Waals surface area contributed by atoms with Gasteiger partial charge < -0.3 is 9.84 Å². The normalized spacial score (nSPS) is 12.5. The number of fused-ring (bicyclic) bond motifs is 2. The number of rotatable bonds is 2. The Bertz CT molecular complexity index is 790. The number of hydrogen-bond donors (Lipinski definition) is 1. The summed E-state index contributed by atoms with van der Waals surface area (Å²) in [4.78, 5) is 11.5. The minimum Gasteiger partial charge on any atom is -0.424 e. The third kappa shape index (κ3) is 2.24. The molecular formula is C17H14O3. The number of ether oxygens (including phenoxy) is 1. The van der Waals surface area contributed by atoms with Gasteiger partial charge in [0.05, 0.1) is 0 Å². The van der Waals surface area contributed by atoms with Crippen LogP contribution in [-0.2, 0) is 4.79 Å². The Hall–Kier alpha value is -2.39. The number of hydrogen-bond acceptors (Lipinski definition) is 3. The molecule has 3 rings (SSSR count). The molecule has 0 aromatic heterocycles. The van der Waals surface area contributed by atoms with Crippen LogP contribution in [0.2, 0.25) is 0 Å². The molecule has 0 spiro atoms. The molecule has 0 aliphatic heterocycles. The number of benzene rings is 3. The van der Waals surface area contributed by atoms with E-state index in [4.69, 9.17) is 4.74 Å². The largest absolute Gasteiger partial charge is 0.424 e. The zero-order valence-electron chi connectivity index (χ0n) is 11.0. The lowest BCUT2D eigenvalue weighted by atomic mass is 10.0. The monoisotopic (exact) mass is 266 g/mol. The molecule has 1 atom stereocenters. The first kappa shape index (κ1) is 12.6. The Morgan fingerprint density at radius 1 is 1.00 bits per heavy atom. The molecule has 3 aromatic carbocycles. The molecule has 3 aromatic rings. The Morgan fingerprint density at radius 2 is 1.65 bits per heavy atom. The van der Waals surface area contributed by atoms with Gasteiger partial charge in [-0.3, -0.25) is 0 Å². The number of aliphatic hydroxyl groups is 1. The van der Waals surface area contributed by atoms with Crippen LogP contribution in [0.15, 0.2) is 54.6 Å². The van der Waals surface area contributed by atoms with Gasteiger partial charge in [0.25, 0.3) is 0 Å². The third-order valence-corrected chi connectivity index (χ3v) is 3.26. The van der Waals surface area contributed by atoms with Crippen molar-refractivity contribution >= 4 is 27.5 Å². The van der Waals surface area contributed by atoms with E-state index in [0.717, 1.165) is 21.5 Å². The molecule has 1 N–H and O–H groups in total. The highest BCUT2D eigenvalue weighted by Crippen LogP contribution is 2.30. The lowest BCUT2D eigenvalue weighted by molar-refractivity contribution is -0.142. The Morgan fingerprint density at radius 3 is 2.35 bits per heavy atom. The predicted octanol–water partition coefficient (Wildman–Crippen LogP) is 3.28. The maximum Gasteiger partial charge on any atom is 0.340 e. The van der Waals surface area contributed by atoms with E-state index in [1.165, 1.54) is 6.92 Å². The van der Waals surface area contributed by atoms with Gasteiger partial charge in [0.2, 0.25) is 0 Å². The Kier molecular flexibility index (Phi) is 3.12. The van der Waals surface area contributed by atoms with E-state index in [1.54, 1.807) is 6.07 Å². The lowest BCUT2D eigenvalue weighted by Crippen LogP contribution is -2.22. The SMILES string of the molecule is CC(O)C(=O)Oc1cccc2cc3ccccc3cc12. The molecule has 0 saturated carbocycles. The van der Waals surface area contributed by atoms with Gasteiger partial charge in [0.1, 0.15) is 11.9 Å². The molecule has 0 amide bonds. The summed E-state index contributed by atoms with van der Waals surface area (Å²) in [5.74, 6) is -0.176. The molecule has 0 fully saturated rings. The highest BCUT2D eigenvalue weighted by atomic mass is 16.5. The van der Waals surface area contributed by atoms with Crippen LogP contribution < -0.4 is 4.74 Å². The second-order valence-electron chi connectivity index (χ2n) is 4.77. The highest BCUT2D eigenvalue weighted by Gasteiger charge is 2.13. The summed E-state index contributed by atoms with van der Waals surface area (Å²) in [6.07, 6.45) is -1.13. The quantitative estimate of drug-likeness (QED) is 0.440. The number of aliphatic hydroxyl groups excluding tert-OH is 1. The van der Waals surface area contributed by atoms with Crippen molar-refractivity contribution in [3.8, 4) is 5.75 Å². The average Bonchev–Trinajstić information content (AvgIpc) is 2.45. The van der Waals surface area contributed by atoms with Crippen LogP contribution in [0.4, 0.5) is 0 Å². The van der Waals surface area contributed by atoms with Gasteiger partial charge in [-0.25, -0.2) is 4.79 Å². The van der Waals surface area contributed by atoms with Gasteiger partial charge in [-0.05, 0) is 41.3 Å². The molecule has 0 bridgehead atoms. The van der Waals surface area contributed by atoms with Gasteiger partial charge in [-0.2, -0.15) is 0 Å². The van der Waals surface area contributed by atoms with Crippen molar-refractivity contribution in [2.24, 2.45) is 0 Å². The molecule has 3 heteroatoms. The second kappa shape index (κ2) is 4.94. The van der Waals surface area contributed by atoms with Gasteiger partial charge >= 0.3 is 5.97 Å². The third-order valence-electron chi connectivity index (χ3n) is 3.26. The van der Waals surface area contributed by atoms with Crippen molar-refractivity contribution in [3.63, 3.8) is 0 Å². The maximum absolute atomic E-state index is 11.5. The predicted molar refractivity (Wildman–Crippen MR) is 78.8 cm³/mol. The number of esters is 1. The summed E-state index contributed by atoms with van der Waals surface area (Å²) in [7, 11) is 0. The molecule has 100 valence electrons. The van der Waals surface area contributed by atoms with E-state index in [1.807, 2.05) is 42.5 Å². The van der Waals surface area contributed by atoms with Crippen molar-refractivity contribution in [1.29, 1.82) is 0 Å². The topological polar surface area (TPSA) is 46.5 Å². The van der Waals surface area contributed by atoms with E-state index in [0.29, 0.717) is 5.75 Å². The van der Waals surface area contributed by atoms with Crippen LogP contribution in [0.3, 0.4) is 0 Å². The zero-order valence-corrected chi connectivity index (χ0v) is 11.0. The molecular weight excluding hydrogens is 252 g/mol. The summed E-state index contributed by atoms with van der Waals surface area (Å²) < 4.78 is 5.25. The minimum atomic E-state index is -1.13. The molecule has 0 radical (unpaired) electrons. The first-order valence-electron chi connectivity index (χ1n) is 6.46. The molecule has 1 unspecified atom stereocenters. The Balaban J connectivity index is 2.17. The molecule has 0 aliphatic carbocycles. The maximum atomic E-state index is 11.5. The summed E-state index contributed by atoms with van der Waals surface area (Å²) in [6.45, 7) is 1.39. The van der Waals surface area contributed by atoms with Gasteiger partial charge in [0.15, 0.2) is 0 Å². The van der Waals surface area contributed by atoms with Crippen LogP contribution >= 0.6 is 0 Å². The van der Waals surface area contributed by atoms with Gasteiger partial charge in [-0.1, -0.05) is 36.4 Å². The van der Waals surface area contributed by atoms with Crippen LogP contribution in [-0.4, -0.2) is 17.2 Å². The van der Waals surface area contributed by atoms with E-state index in [9.17, 15) is 9.90 Å². The number of carbonyl (C=O) groups excluding carboxylic acids is 1.